The second-order valence-corrected chi connectivity index (χ2v) is 9.48. The zero-order valence-corrected chi connectivity index (χ0v) is 21.1. The van der Waals surface area contributed by atoms with Gasteiger partial charge < -0.3 is 9.30 Å². The topological polar surface area (TPSA) is 62.2 Å². The zero-order valence-electron chi connectivity index (χ0n) is 21.1. The third kappa shape index (κ3) is 3.26. The molecule has 39 heavy (non-hydrogen) atoms. The molecule has 0 saturated carbocycles. The molecule has 0 fully saturated rings. The van der Waals surface area contributed by atoms with Crippen molar-refractivity contribution in [3.8, 4) is 28.8 Å². The van der Waals surface area contributed by atoms with Gasteiger partial charge in [-0.25, -0.2) is 15.0 Å². The van der Waals surface area contributed by atoms with Crippen LogP contribution in [-0.2, 0) is 7.05 Å². The van der Waals surface area contributed by atoms with Crippen LogP contribution < -0.4 is 4.74 Å². The monoisotopic (exact) mass is 506 g/mol. The fourth-order valence-electron chi connectivity index (χ4n) is 5.40. The van der Waals surface area contributed by atoms with E-state index in [0.717, 1.165) is 56.1 Å². The Morgan fingerprint density at radius 1 is 0.590 bits per heavy atom. The van der Waals surface area contributed by atoms with Crippen molar-refractivity contribution in [2.75, 3.05) is 0 Å². The fraction of sp³-hybridized carbons (Fsp3) is 0.0312. The molecule has 186 valence electrons. The van der Waals surface area contributed by atoms with Gasteiger partial charge in [-0.3, -0.25) is 8.97 Å². The molecule has 8 aromatic rings. The Morgan fingerprint density at radius 2 is 1.31 bits per heavy atom. The number of aryl methyl sites for hydroxylation is 1. The largest absolute Gasteiger partial charge is 0.437 e. The highest BCUT2D eigenvalue weighted by atomic mass is 16.5. The lowest BCUT2D eigenvalue weighted by Crippen LogP contribution is -1.96. The molecule has 7 heteroatoms. The highest BCUT2D eigenvalue weighted by Gasteiger charge is 2.19. The average molecular weight is 507 g/mol. The van der Waals surface area contributed by atoms with Crippen LogP contribution in [0.5, 0.6) is 11.6 Å². The molecule has 0 atom stereocenters. The summed E-state index contributed by atoms with van der Waals surface area (Å²) in [7, 11) is 2.00. The van der Waals surface area contributed by atoms with Gasteiger partial charge in [-0.15, -0.1) is 0 Å². The number of fused-ring (bicyclic) bond motifs is 6. The molecule has 4 aromatic heterocycles. The van der Waals surface area contributed by atoms with Gasteiger partial charge in [-0.2, -0.15) is 0 Å². The number of hydrogen-bond acceptors (Lipinski definition) is 4. The lowest BCUT2D eigenvalue weighted by atomic mass is 10.2. The molecule has 4 heterocycles. The van der Waals surface area contributed by atoms with Crippen LogP contribution in [0.1, 0.15) is 0 Å². The van der Waals surface area contributed by atoms with E-state index in [0.29, 0.717) is 11.6 Å². The summed E-state index contributed by atoms with van der Waals surface area (Å²) >= 11 is 0. The number of benzene rings is 4. The minimum absolute atomic E-state index is 0.487. The number of ether oxygens (including phenoxy) is 1. The van der Waals surface area contributed by atoms with E-state index in [4.69, 9.17) is 19.7 Å². The Bertz CT molecular complexity index is 2170. The summed E-state index contributed by atoms with van der Waals surface area (Å²) in [5, 5.41) is 0. The molecule has 0 spiro atoms. The van der Waals surface area contributed by atoms with Crippen LogP contribution in [0.3, 0.4) is 0 Å². The predicted octanol–water partition coefficient (Wildman–Crippen LogP) is 7.17. The van der Waals surface area contributed by atoms with E-state index in [1.54, 1.807) is 0 Å². The maximum absolute atomic E-state index is 6.39. The summed E-state index contributed by atoms with van der Waals surface area (Å²) in [5.41, 5.74) is 7.71. The first-order chi connectivity index (χ1) is 19.3. The minimum atomic E-state index is 0.487. The highest BCUT2D eigenvalue weighted by Crippen LogP contribution is 2.34. The van der Waals surface area contributed by atoms with Crippen LogP contribution in [0.4, 0.5) is 0 Å². The van der Waals surface area contributed by atoms with Gasteiger partial charge in [0.15, 0.2) is 11.6 Å². The van der Waals surface area contributed by atoms with Crippen LogP contribution in [0.15, 0.2) is 115 Å². The summed E-state index contributed by atoms with van der Waals surface area (Å²) < 4.78 is 12.8. The second kappa shape index (κ2) is 8.29. The molecule has 0 aliphatic rings. The molecule has 0 aliphatic heterocycles. The number of hydrogen-bond donors (Lipinski definition) is 0. The third-order valence-corrected chi connectivity index (χ3v) is 7.16. The average Bonchev–Trinajstić information content (AvgIpc) is 3.63. The van der Waals surface area contributed by atoms with Gasteiger partial charge in [0.25, 0.3) is 0 Å². The summed E-state index contributed by atoms with van der Waals surface area (Å²) in [6.45, 7) is 0. The summed E-state index contributed by atoms with van der Waals surface area (Å²) in [5.74, 6) is 2.75. The molecule has 0 bridgehead atoms. The summed E-state index contributed by atoms with van der Waals surface area (Å²) in [6.07, 6.45) is 0. The van der Waals surface area contributed by atoms with Gasteiger partial charge in [-0.1, -0.05) is 54.6 Å². The van der Waals surface area contributed by atoms with Crippen LogP contribution in [0.25, 0.3) is 56.1 Å². The van der Waals surface area contributed by atoms with E-state index >= 15 is 0 Å². The smallest absolute Gasteiger partial charge is 0.220 e. The van der Waals surface area contributed by atoms with Crippen molar-refractivity contribution in [2.24, 2.45) is 7.05 Å². The number of pyridine rings is 1. The Balaban J connectivity index is 1.27. The van der Waals surface area contributed by atoms with Crippen molar-refractivity contribution in [1.82, 2.24) is 28.5 Å². The van der Waals surface area contributed by atoms with E-state index in [9.17, 15) is 0 Å². The highest BCUT2D eigenvalue weighted by molar-refractivity contribution is 5.94. The van der Waals surface area contributed by atoms with Gasteiger partial charge in [0.05, 0.1) is 27.6 Å². The van der Waals surface area contributed by atoms with E-state index < -0.39 is 0 Å². The molecule has 8 rings (SSSR count). The summed E-state index contributed by atoms with van der Waals surface area (Å²) in [6, 6.07) is 38.5. The standard InChI is InChI=1S/C32H22N6O/c1-36-24-15-6-5-13-22(24)34-31(36)23-14-9-20-29(33-23)39-28-19-10-18-27-30(28)35-32-37(21-11-3-2-4-12-21)25-16-7-8-17-26(25)38(27)32/h2-20H,1H3. The molecule has 0 N–H and O–H groups in total. The SMILES string of the molecule is Cn1c(-c2cccc(Oc3cccc4c3nc3n(-c5ccccc5)c5ccccc5n43)n2)nc2ccccc21. The third-order valence-electron chi connectivity index (χ3n) is 7.16. The number of imidazole rings is 3. The van der Waals surface area contributed by atoms with E-state index in [2.05, 4.69) is 62.1 Å². The molecule has 0 aliphatic carbocycles. The Morgan fingerprint density at radius 3 is 2.15 bits per heavy atom. The van der Waals surface area contributed by atoms with E-state index in [-0.39, 0.29) is 0 Å². The second-order valence-electron chi connectivity index (χ2n) is 9.48. The van der Waals surface area contributed by atoms with Gasteiger partial charge in [-0.05, 0) is 54.6 Å². The van der Waals surface area contributed by atoms with Crippen molar-refractivity contribution in [3.05, 3.63) is 115 Å². The van der Waals surface area contributed by atoms with Crippen LogP contribution in [-0.4, -0.2) is 28.5 Å². The molecule has 7 nitrogen and oxygen atoms in total. The number of nitrogens with zero attached hydrogens (tertiary/aromatic N) is 6. The molecule has 0 saturated heterocycles. The van der Waals surface area contributed by atoms with Gasteiger partial charge in [0.2, 0.25) is 11.7 Å². The minimum Gasteiger partial charge on any atom is -0.437 e. The van der Waals surface area contributed by atoms with Gasteiger partial charge >= 0.3 is 0 Å². The van der Waals surface area contributed by atoms with Crippen molar-refractivity contribution >= 4 is 38.9 Å². The first-order valence-corrected chi connectivity index (χ1v) is 12.8. The van der Waals surface area contributed by atoms with Crippen molar-refractivity contribution < 1.29 is 4.74 Å². The Kier molecular flexibility index (Phi) is 4.60. The molecule has 0 unspecified atom stereocenters. The van der Waals surface area contributed by atoms with Gasteiger partial charge in [0, 0.05) is 18.8 Å². The Labute approximate surface area is 223 Å². The molecule has 0 amide bonds. The fourth-order valence-corrected chi connectivity index (χ4v) is 5.40. The van der Waals surface area contributed by atoms with Crippen LogP contribution in [0, 0.1) is 0 Å². The van der Waals surface area contributed by atoms with E-state index in [1.165, 1.54) is 0 Å². The van der Waals surface area contributed by atoms with Crippen LogP contribution >= 0.6 is 0 Å². The molecular formula is C32H22N6O. The van der Waals surface area contributed by atoms with Crippen molar-refractivity contribution in [2.45, 2.75) is 0 Å². The predicted molar refractivity (Wildman–Crippen MR) is 154 cm³/mol. The quantitative estimate of drug-likeness (QED) is 0.254. The Hall–Kier alpha value is -5.43. The maximum atomic E-state index is 6.39. The number of aromatic nitrogens is 6. The zero-order chi connectivity index (χ0) is 25.9. The normalized spacial score (nSPS) is 11.7. The lowest BCUT2D eigenvalue weighted by molar-refractivity contribution is 0.468. The van der Waals surface area contributed by atoms with Crippen LogP contribution in [0.2, 0.25) is 0 Å². The molecular weight excluding hydrogens is 484 g/mol. The van der Waals surface area contributed by atoms with Gasteiger partial charge in [0.1, 0.15) is 11.2 Å². The maximum Gasteiger partial charge on any atom is 0.220 e. The molecule has 4 aromatic carbocycles. The first kappa shape index (κ1) is 21.6. The molecule has 0 radical (unpaired) electrons. The summed E-state index contributed by atoms with van der Waals surface area (Å²) in [4.78, 5) is 14.7. The number of rotatable bonds is 4. The number of para-hydroxylation sites is 6. The van der Waals surface area contributed by atoms with E-state index in [1.807, 2.05) is 73.8 Å². The van der Waals surface area contributed by atoms with Crippen molar-refractivity contribution in [3.63, 3.8) is 0 Å². The first-order valence-electron chi connectivity index (χ1n) is 12.8. The lowest BCUT2D eigenvalue weighted by Gasteiger charge is -2.08. The van der Waals surface area contributed by atoms with Crippen molar-refractivity contribution in [1.29, 1.82) is 0 Å².